The van der Waals surface area contributed by atoms with Crippen LogP contribution < -0.4 is 5.32 Å². The van der Waals surface area contributed by atoms with Crippen molar-refractivity contribution in [3.8, 4) is 0 Å². The molecule has 100 valence electrons. The Kier molecular flexibility index (Phi) is 4.36. The van der Waals surface area contributed by atoms with E-state index in [0.717, 1.165) is 12.0 Å². The van der Waals surface area contributed by atoms with Gasteiger partial charge in [-0.3, -0.25) is 4.79 Å². The fourth-order valence-corrected chi connectivity index (χ4v) is 1.93. The molecular weight excluding hydrogens is 240 g/mol. The third-order valence-electron chi connectivity index (χ3n) is 3.14. The van der Waals surface area contributed by atoms with Gasteiger partial charge < -0.3 is 15.4 Å². The number of aliphatic hydroxyl groups excluding tert-OH is 1. The Morgan fingerprint density at radius 2 is 2.05 bits per heavy atom. The van der Waals surface area contributed by atoms with Gasteiger partial charge in [-0.1, -0.05) is 31.2 Å². The number of hydrogen-bond donors (Lipinski definition) is 3. The van der Waals surface area contributed by atoms with Gasteiger partial charge in [-0.25, -0.2) is 0 Å². The van der Waals surface area contributed by atoms with E-state index in [2.05, 4.69) is 17.2 Å². The third-order valence-corrected chi connectivity index (χ3v) is 3.14. The van der Waals surface area contributed by atoms with Gasteiger partial charge in [0, 0.05) is 12.4 Å². The maximum atomic E-state index is 11.9. The molecule has 4 nitrogen and oxygen atoms in total. The van der Waals surface area contributed by atoms with Gasteiger partial charge in [-0.05, 0) is 23.6 Å². The van der Waals surface area contributed by atoms with Crippen LogP contribution in [0.3, 0.4) is 0 Å². The largest absolute Gasteiger partial charge is 0.394 e. The van der Waals surface area contributed by atoms with Crippen LogP contribution in [0.15, 0.2) is 42.7 Å². The molecule has 19 heavy (non-hydrogen) atoms. The van der Waals surface area contributed by atoms with E-state index in [1.807, 2.05) is 24.3 Å². The smallest absolute Gasteiger partial charge is 0.253 e. The highest BCUT2D eigenvalue weighted by atomic mass is 16.3. The molecule has 0 aliphatic carbocycles. The number of aliphatic hydroxyl groups is 1. The highest BCUT2D eigenvalue weighted by Gasteiger charge is 2.14. The van der Waals surface area contributed by atoms with Crippen LogP contribution in [0.5, 0.6) is 0 Å². The van der Waals surface area contributed by atoms with E-state index in [9.17, 15) is 9.90 Å². The second-order valence-electron chi connectivity index (χ2n) is 4.40. The summed E-state index contributed by atoms with van der Waals surface area (Å²) < 4.78 is 0. The monoisotopic (exact) mass is 258 g/mol. The van der Waals surface area contributed by atoms with Crippen molar-refractivity contribution in [2.45, 2.75) is 19.4 Å². The van der Waals surface area contributed by atoms with Gasteiger partial charge in [-0.2, -0.15) is 0 Å². The third kappa shape index (κ3) is 3.23. The molecule has 0 fully saturated rings. The molecule has 0 saturated heterocycles. The maximum Gasteiger partial charge on any atom is 0.253 e. The SMILES string of the molecule is CCc1ccc(C(CO)NC(=O)c2cc[nH]c2)cc1. The lowest BCUT2D eigenvalue weighted by Gasteiger charge is -2.16. The van der Waals surface area contributed by atoms with E-state index in [-0.39, 0.29) is 18.6 Å². The van der Waals surface area contributed by atoms with E-state index in [1.54, 1.807) is 18.5 Å². The molecule has 0 radical (unpaired) electrons. The van der Waals surface area contributed by atoms with E-state index in [4.69, 9.17) is 0 Å². The van der Waals surface area contributed by atoms with Crippen LogP contribution in [0, 0.1) is 0 Å². The number of aromatic nitrogens is 1. The summed E-state index contributed by atoms with van der Waals surface area (Å²) in [5, 5.41) is 12.2. The van der Waals surface area contributed by atoms with Gasteiger partial charge in [0.25, 0.3) is 5.91 Å². The van der Waals surface area contributed by atoms with Crippen molar-refractivity contribution >= 4 is 5.91 Å². The second-order valence-corrected chi connectivity index (χ2v) is 4.40. The lowest BCUT2D eigenvalue weighted by molar-refractivity contribution is 0.0916. The van der Waals surface area contributed by atoms with Crippen molar-refractivity contribution < 1.29 is 9.90 Å². The minimum absolute atomic E-state index is 0.123. The van der Waals surface area contributed by atoms with Crippen LogP contribution in [0.1, 0.15) is 34.5 Å². The van der Waals surface area contributed by atoms with Crippen molar-refractivity contribution in [3.63, 3.8) is 0 Å². The zero-order valence-electron chi connectivity index (χ0n) is 10.9. The Bertz CT molecular complexity index is 518. The highest BCUT2D eigenvalue weighted by Crippen LogP contribution is 2.14. The lowest BCUT2D eigenvalue weighted by atomic mass is 10.0. The molecule has 0 spiro atoms. The van der Waals surface area contributed by atoms with Gasteiger partial charge in [-0.15, -0.1) is 0 Å². The standard InChI is InChI=1S/C15H18N2O2/c1-2-11-3-5-12(6-4-11)14(10-18)17-15(19)13-7-8-16-9-13/h3-9,14,16,18H,2,10H2,1H3,(H,17,19). The van der Waals surface area contributed by atoms with Crippen LogP contribution in [0.2, 0.25) is 0 Å². The average molecular weight is 258 g/mol. The molecule has 0 bridgehead atoms. The second kappa shape index (κ2) is 6.20. The van der Waals surface area contributed by atoms with Gasteiger partial charge >= 0.3 is 0 Å². The Morgan fingerprint density at radius 1 is 1.32 bits per heavy atom. The number of H-pyrrole nitrogens is 1. The molecule has 1 aromatic carbocycles. The molecule has 0 aliphatic rings. The van der Waals surface area contributed by atoms with Crippen molar-refractivity contribution in [3.05, 3.63) is 59.4 Å². The van der Waals surface area contributed by atoms with Crippen LogP contribution in [0.4, 0.5) is 0 Å². The molecule has 1 aromatic heterocycles. The van der Waals surface area contributed by atoms with Gasteiger partial charge in [0.15, 0.2) is 0 Å². The van der Waals surface area contributed by atoms with Crippen LogP contribution >= 0.6 is 0 Å². The van der Waals surface area contributed by atoms with E-state index in [1.165, 1.54) is 5.56 Å². The summed E-state index contributed by atoms with van der Waals surface area (Å²) >= 11 is 0. The summed E-state index contributed by atoms with van der Waals surface area (Å²) in [6.45, 7) is 1.97. The van der Waals surface area contributed by atoms with E-state index < -0.39 is 0 Å². The summed E-state index contributed by atoms with van der Waals surface area (Å²) in [6, 6.07) is 9.23. The molecule has 4 heteroatoms. The first kappa shape index (κ1) is 13.4. The maximum absolute atomic E-state index is 11.9. The molecule has 0 aliphatic heterocycles. The van der Waals surface area contributed by atoms with E-state index in [0.29, 0.717) is 5.56 Å². The summed E-state index contributed by atoms with van der Waals surface area (Å²) in [4.78, 5) is 14.8. The minimum atomic E-state index is -0.381. The van der Waals surface area contributed by atoms with Crippen LogP contribution in [0.25, 0.3) is 0 Å². The minimum Gasteiger partial charge on any atom is -0.394 e. The summed E-state index contributed by atoms with van der Waals surface area (Å²) in [5.74, 6) is -0.195. The number of nitrogens with one attached hydrogen (secondary N) is 2. The molecule has 1 atom stereocenters. The number of amides is 1. The van der Waals surface area contributed by atoms with Crippen molar-refractivity contribution in [1.82, 2.24) is 10.3 Å². The highest BCUT2D eigenvalue weighted by molar-refractivity contribution is 5.94. The lowest BCUT2D eigenvalue weighted by Crippen LogP contribution is -2.30. The molecule has 2 rings (SSSR count). The van der Waals surface area contributed by atoms with Gasteiger partial charge in [0.2, 0.25) is 0 Å². The zero-order chi connectivity index (χ0) is 13.7. The number of hydrogen-bond acceptors (Lipinski definition) is 2. The fraction of sp³-hybridized carbons (Fsp3) is 0.267. The zero-order valence-corrected chi connectivity index (χ0v) is 10.9. The average Bonchev–Trinajstić information content (AvgIpc) is 2.99. The number of carbonyl (C=O) groups excluding carboxylic acids is 1. The van der Waals surface area contributed by atoms with E-state index >= 15 is 0 Å². The Balaban J connectivity index is 2.09. The summed E-state index contributed by atoms with van der Waals surface area (Å²) in [6.07, 6.45) is 4.29. The van der Waals surface area contributed by atoms with Gasteiger partial charge in [0.05, 0.1) is 18.2 Å². The molecule has 2 aromatic rings. The molecule has 1 heterocycles. The quantitative estimate of drug-likeness (QED) is 0.768. The first-order chi connectivity index (χ1) is 9.24. The Hall–Kier alpha value is -2.07. The van der Waals surface area contributed by atoms with Crippen molar-refractivity contribution in [2.24, 2.45) is 0 Å². The normalized spacial score (nSPS) is 12.1. The number of carbonyl (C=O) groups is 1. The molecule has 1 amide bonds. The van der Waals surface area contributed by atoms with Crippen molar-refractivity contribution in [1.29, 1.82) is 0 Å². The molecular formula is C15H18N2O2. The topological polar surface area (TPSA) is 65.1 Å². The Morgan fingerprint density at radius 3 is 2.58 bits per heavy atom. The first-order valence-corrected chi connectivity index (χ1v) is 6.38. The number of benzene rings is 1. The summed E-state index contributed by atoms with van der Waals surface area (Å²) in [5.41, 5.74) is 2.70. The number of rotatable bonds is 5. The fourth-order valence-electron chi connectivity index (χ4n) is 1.93. The summed E-state index contributed by atoms with van der Waals surface area (Å²) in [7, 11) is 0. The first-order valence-electron chi connectivity index (χ1n) is 6.38. The van der Waals surface area contributed by atoms with Crippen LogP contribution in [-0.4, -0.2) is 22.6 Å². The molecule has 3 N–H and O–H groups in total. The molecule has 0 saturated carbocycles. The van der Waals surface area contributed by atoms with Crippen LogP contribution in [-0.2, 0) is 6.42 Å². The molecule has 1 unspecified atom stereocenters. The predicted molar refractivity (Wildman–Crippen MR) is 73.9 cm³/mol. The van der Waals surface area contributed by atoms with Gasteiger partial charge in [0.1, 0.15) is 0 Å². The number of aromatic amines is 1. The Labute approximate surface area is 112 Å². The predicted octanol–water partition coefficient (Wildman–Crippen LogP) is 2.04. The van der Waals surface area contributed by atoms with Crippen molar-refractivity contribution in [2.75, 3.05) is 6.61 Å². The number of aryl methyl sites for hydroxylation is 1.